The summed E-state index contributed by atoms with van der Waals surface area (Å²) >= 11 is 0. The van der Waals surface area contributed by atoms with Gasteiger partial charge in [0.15, 0.2) is 0 Å². The molecule has 1 heterocycles. The average Bonchev–Trinajstić information content (AvgIpc) is 2.31. The van der Waals surface area contributed by atoms with Crippen molar-refractivity contribution in [2.75, 3.05) is 0 Å². The average molecular weight is 199 g/mol. The van der Waals surface area contributed by atoms with E-state index in [1.165, 1.54) is 6.20 Å². The quantitative estimate of drug-likeness (QED) is 0.550. The molecule has 3 nitrogen and oxygen atoms in total. The van der Waals surface area contributed by atoms with Crippen molar-refractivity contribution < 1.29 is 9.53 Å². The summed E-state index contributed by atoms with van der Waals surface area (Å²) in [6.07, 6.45) is 3.09. The highest BCUT2D eigenvalue weighted by Gasteiger charge is 2.06. The van der Waals surface area contributed by atoms with Gasteiger partial charge in [-0.3, -0.25) is 4.98 Å². The molecule has 1 aromatic heterocycles. The van der Waals surface area contributed by atoms with Crippen LogP contribution >= 0.6 is 0 Å². The number of nitrogens with zero attached hydrogens (tertiary/aromatic N) is 1. The minimum atomic E-state index is -0.394. The van der Waals surface area contributed by atoms with Gasteiger partial charge in [0.25, 0.3) is 0 Å². The third-order valence-corrected chi connectivity index (χ3v) is 1.85. The van der Waals surface area contributed by atoms with Crippen LogP contribution in [-0.2, 0) is 0 Å². The number of hydrogen-bond donors (Lipinski definition) is 0. The molecule has 0 radical (unpaired) electrons. The van der Waals surface area contributed by atoms with E-state index in [1.54, 1.807) is 30.5 Å². The second-order valence-electron chi connectivity index (χ2n) is 2.94. The zero-order valence-electron chi connectivity index (χ0n) is 7.96. The van der Waals surface area contributed by atoms with E-state index < -0.39 is 5.97 Å². The number of ether oxygens (including phenoxy) is 1. The van der Waals surface area contributed by atoms with Gasteiger partial charge in [0.2, 0.25) is 0 Å². The first kappa shape index (κ1) is 9.40. The highest BCUT2D eigenvalue weighted by Crippen LogP contribution is 2.10. The van der Waals surface area contributed by atoms with Gasteiger partial charge in [0.05, 0.1) is 5.56 Å². The Hall–Kier alpha value is -2.16. The molecule has 74 valence electrons. The zero-order valence-corrected chi connectivity index (χ0v) is 7.96. The molecule has 0 atom stereocenters. The highest BCUT2D eigenvalue weighted by molar-refractivity contribution is 5.90. The fourth-order valence-electron chi connectivity index (χ4n) is 1.14. The van der Waals surface area contributed by atoms with Crippen LogP contribution < -0.4 is 4.74 Å². The van der Waals surface area contributed by atoms with Crippen molar-refractivity contribution in [3.8, 4) is 5.75 Å². The fraction of sp³-hybridized carbons (Fsp3) is 0. The number of esters is 1. The SMILES string of the molecule is O=C(Oc1ccccc1)c1cccnc1. The maximum absolute atomic E-state index is 11.6. The van der Waals surface area contributed by atoms with E-state index in [2.05, 4.69) is 4.98 Å². The summed E-state index contributed by atoms with van der Waals surface area (Å²) in [4.78, 5) is 15.4. The van der Waals surface area contributed by atoms with E-state index in [-0.39, 0.29) is 0 Å². The van der Waals surface area contributed by atoms with Crippen molar-refractivity contribution in [1.82, 2.24) is 4.98 Å². The molecule has 2 aromatic rings. The Kier molecular flexibility index (Phi) is 2.74. The molecule has 0 aliphatic carbocycles. The molecule has 2 rings (SSSR count). The zero-order chi connectivity index (χ0) is 10.5. The molecule has 0 fully saturated rings. The molecule has 0 aliphatic heterocycles. The number of carbonyl (C=O) groups excluding carboxylic acids is 1. The van der Waals surface area contributed by atoms with Crippen LogP contribution in [-0.4, -0.2) is 11.0 Å². The Morgan fingerprint density at radius 1 is 1.07 bits per heavy atom. The van der Waals surface area contributed by atoms with Crippen molar-refractivity contribution in [3.63, 3.8) is 0 Å². The predicted molar refractivity (Wildman–Crippen MR) is 55.6 cm³/mol. The van der Waals surface area contributed by atoms with E-state index in [1.807, 2.05) is 18.2 Å². The lowest BCUT2D eigenvalue weighted by Crippen LogP contribution is -2.08. The third kappa shape index (κ3) is 2.40. The minimum absolute atomic E-state index is 0.394. The Balaban J connectivity index is 2.12. The molecule has 0 spiro atoms. The smallest absolute Gasteiger partial charge is 0.345 e. The molecule has 3 heteroatoms. The molecule has 0 aliphatic rings. The van der Waals surface area contributed by atoms with Crippen molar-refractivity contribution in [3.05, 3.63) is 60.4 Å². The van der Waals surface area contributed by atoms with Crippen LogP contribution in [0.5, 0.6) is 5.75 Å². The van der Waals surface area contributed by atoms with Crippen LogP contribution in [0.2, 0.25) is 0 Å². The molecule has 0 unspecified atom stereocenters. The lowest BCUT2D eigenvalue weighted by molar-refractivity contribution is 0.0734. The number of para-hydroxylation sites is 1. The van der Waals surface area contributed by atoms with Gasteiger partial charge in [-0.05, 0) is 24.3 Å². The van der Waals surface area contributed by atoms with E-state index in [0.29, 0.717) is 11.3 Å². The van der Waals surface area contributed by atoms with Gasteiger partial charge in [-0.1, -0.05) is 18.2 Å². The van der Waals surface area contributed by atoms with Crippen LogP contribution in [0.4, 0.5) is 0 Å². The minimum Gasteiger partial charge on any atom is -0.423 e. The first-order chi connectivity index (χ1) is 7.36. The summed E-state index contributed by atoms with van der Waals surface area (Å²) in [7, 11) is 0. The molecule has 0 saturated carbocycles. The van der Waals surface area contributed by atoms with Gasteiger partial charge < -0.3 is 4.74 Å². The van der Waals surface area contributed by atoms with E-state index in [9.17, 15) is 4.79 Å². The van der Waals surface area contributed by atoms with Crippen molar-refractivity contribution >= 4 is 5.97 Å². The summed E-state index contributed by atoms with van der Waals surface area (Å²) in [5.41, 5.74) is 0.446. The second-order valence-corrected chi connectivity index (χ2v) is 2.94. The number of pyridine rings is 1. The first-order valence-corrected chi connectivity index (χ1v) is 4.53. The van der Waals surface area contributed by atoms with E-state index in [0.717, 1.165) is 0 Å². The van der Waals surface area contributed by atoms with Gasteiger partial charge in [0.1, 0.15) is 5.75 Å². The van der Waals surface area contributed by atoms with Crippen LogP contribution in [0.3, 0.4) is 0 Å². The van der Waals surface area contributed by atoms with Gasteiger partial charge in [-0.15, -0.1) is 0 Å². The summed E-state index contributed by atoms with van der Waals surface area (Å²) in [5, 5.41) is 0. The molecular formula is C12H9NO2. The third-order valence-electron chi connectivity index (χ3n) is 1.85. The Morgan fingerprint density at radius 2 is 1.87 bits per heavy atom. The van der Waals surface area contributed by atoms with Gasteiger partial charge in [-0.25, -0.2) is 4.79 Å². The lowest BCUT2D eigenvalue weighted by Gasteiger charge is -2.02. The Bertz CT molecular complexity index is 440. The number of hydrogen-bond acceptors (Lipinski definition) is 3. The van der Waals surface area contributed by atoms with E-state index in [4.69, 9.17) is 4.74 Å². The summed E-state index contributed by atoms with van der Waals surface area (Å²) < 4.78 is 5.12. The molecule has 0 amide bonds. The molecule has 0 saturated heterocycles. The van der Waals surface area contributed by atoms with Crippen molar-refractivity contribution in [2.45, 2.75) is 0 Å². The fourth-order valence-corrected chi connectivity index (χ4v) is 1.14. The Morgan fingerprint density at radius 3 is 2.53 bits per heavy atom. The normalized spacial score (nSPS) is 9.60. The number of benzene rings is 1. The number of carbonyl (C=O) groups is 1. The molecule has 0 N–H and O–H groups in total. The summed E-state index contributed by atoms with van der Waals surface area (Å²) in [6.45, 7) is 0. The van der Waals surface area contributed by atoms with E-state index >= 15 is 0 Å². The van der Waals surface area contributed by atoms with Crippen LogP contribution in [0.15, 0.2) is 54.9 Å². The maximum Gasteiger partial charge on any atom is 0.345 e. The monoisotopic (exact) mass is 199 g/mol. The number of rotatable bonds is 2. The maximum atomic E-state index is 11.6. The second kappa shape index (κ2) is 4.37. The standard InChI is InChI=1S/C12H9NO2/c14-12(10-5-4-8-13-9-10)15-11-6-2-1-3-7-11/h1-9H. The molecule has 15 heavy (non-hydrogen) atoms. The molecular weight excluding hydrogens is 190 g/mol. The highest BCUT2D eigenvalue weighted by atomic mass is 16.5. The van der Waals surface area contributed by atoms with Crippen LogP contribution in [0, 0.1) is 0 Å². The predicted octanol–water partition coefficient (Wildman–Crippen LogP) is 2.30. The molecule has 1 aromatic carbocycles. The topological polar surface area (TPSA) is 39.2 Å². The first-order valence-electron chi connectivity index (χ1n) is 4.53. The van der Waals surface area contributed by atoms with Crippen molar-refractivity contribution in [2.24, 2.45) is 0 Å². The summed E-state index contributed by atoms with van der Waals surface area (Å²) in [6, 6.07) is 12.3. The Labute approximate surface area is 87.3 Å². The summed E-state index contributed by atoms with van der Waals surface area (Å²) in [5.74, 6) is 0.139. The van der Waals surface area contributed by atoms with Crippen molar-refractivity contribution in [1.29, 1.82) is 0 Å². The van der Waals surface area contributed by atoms with Gasteiger partial charge in [-0.2, -0.15) is 0 Å². The van der Waals surface area contributed by atoms with Crippen LogP contribution in [0.25, 0.3) is 0 Å². The van der Waals surface area contributed by atoms with Crippen LogP contribution in [0.1, 0.15) is 10.4 Å². The number of aromatic nitrogens is 1. The molecule has 0 bridgehead atoms. The largest absolute Gasteiger partial charge is 0.423 e. The lowest BCUT2D eigenvalue weighted by atomic mass is 10.3. The van der Waals surface area contributed by atoms with Gasteiger partial charge in [0, 0.05) is 12.4 Å². The van der Waals surface area contributed by atoms with Gasteiger partial charge >= 0.3 is 5.97 Å².